The van der Waals surface area contributed by atoms with Gasteiger partial charge in [0, 0.05) is 12.1 Å². The van der Waals surface area contributed by atoms with Gasteiger partial charge in [0.2, 0.25) is 9.70 Å². The van der Waals surface area contributed by atoms with E-state index in [1.165, 1.54) is 64.2 Å². The molecule has 3 N–H and O–H groups in total. The van der Waals surface area contributed by atoms with Crippen LogP contribution in [0.15, 0.2) is 24.3 Å². The summed E-state index contributed by atoms with van der Waals surface area (Å²) in [5.41, 5.74) is 1.91. The second-order valence-corrected chi connectivity index (χ2v) is 11.8. The van der Waals surface area contributed by atoms with Crippen molar-refractivity contribution < 1.29 is 4.79 Å². The number of alkyl halides is 3. The number of thiocarbonyl (C=S) groups is 1. The Kier molecular flexibility index (Phi) is 17.0. The third-order valence-corrected chi connectivity index (χ3v) is 6.57. The van der Waals surface area contributed by atoms with Crippen LogP contribution in [0, 0.1) is 6.92 Å². The van der Waals surface area contributed by atoms with E-state index in [2.05, 4.69) is 22.9 Å². The van der Waals surface area contributed by atoms with Gasteiger partial charge in [0.25, 0.3) is 0 Å². The van der Waals surface area contributed by atoms with E-state index >= 15 is 0 Å². The number of anilines is 1. The van der Waals surface area contributed by atoms with Gasteiger partial charge in [-0.3, -0.25) is 4.79 Å². The van der Waals surface area contributed by atoms with Crippen molar-refractivity contribution in [1.29, 1.82) is 0 Å². The predicted octanol–water partition coefficient (Wildman–Crippen LogP) is 8.58. The molecule has 1 aromatic rings. The average Bonchev–Trinajstić information content (AvgIpc) is 2.76. The molecule has 1 amide bonds. The van der Waals surface area contributed by atoms with Crippen LogP contribution in [0.25, 0.3) is 0 Å². The van der Waals surface area contributed by atoms with Crippen molar-refractivity contribution in [2.45, 2.75) is 114 Å². The van der Waals surface area contributed by atoms with Crippen molar-refractivity contribution in [2.24, 2.45) is 0 Å². The maximum atomic E-state index is 12.4. The average molecular weight is 551 g/mol. The number of nitrogens with one attached hydrogen (secondary N) is 3. The Morgan fingerprint density at radius 2 is 1.41 bits per heavy atom. The van der Waals surface area contributed by atoms with Crippen LogP contribution in [0.5, 0.6) is 0 Å². The number of hydrogen-bond donors (Lipinski definition) is 3. The van der Waals surface area contributed by atoms with E-state index in [9.17, 15) is 4.79 Å². The quantitative estimate of drug-likeness (QED) is 0.0787. The number of carbonyl (C=O) groups excluding carboxylic acids is 1. The lowest BCUT2D eigenvalue weighted by Crippen LogP contribution is -2.56. The first-order valence-corrected chi connectivity index (χ1v) is 14.3. The zero-order valence-corrected chi connectivity index (χ0v) is 23.8. The van der Waals surface area contributed by atoms with Crippen LogP contribution in [0.4, 0.5) is 5.69 Å². The molecule has 0 aromatic heterocycles. The smallest absolute Gasteiger partial charge is 0.228 e. The fraction of sp³-hybridized carbons (Fsp3) is 0.692. The van der Waals surface area contributed by atoms with Gasteiger partial charge in [-0.25, -0.2) is 0 Å². The number of carbonyl (C=O) groups is 1. The minimum Gasteiger partial charge on any atom is -0.339 e. The van der Waals surface area contributed by atoms with E-state index in [4.69, 9.17) is 47.0 Å². The van der Waals surface area contributed by atoms with Gasteiger partial charge in [0.1, 0.15) is 6.17 Å². The largest absolute Gasteiger partial charge is 0.339 e. The first kappa shape index (κ1) is 31.3. The van der Waals surface area contributed by atoms with Crippen LogP contribution in [0.3, 0.4) is 0 Å². The molecule has 194 valence electrons. The topological polar surface area (TPSA) is 53.2 Å². The van der Waals surface area contributed by atoms with E-state index in [0.29, 0.717) is 6.42 Å². The van der Waals surface area contributed by atoms with Crippen LogP contribution in [0.2, 0.25) is 0 Å². The number of hydrogen-bond acceptors (Lipinski definition) is 2. The van der Waals surface area contributed by atoms with Gasteiger partial charge < -0.3 is 16.0 Å². The first-order valence-electron chi connectivity index (χ1n) is 12.7. The number of amides is 1. The molecule has 0 aliphatic carbocycles. The Hall–Kier alpha value is -0.750. The van der Waals surface area contributed by atoms with E-state index in [1.807, 2.05) is 31.2 Å². The van der Waals surface area contributed by atoms with Gasteiger partial charge in [-0.05, 0) is 43.3 Å². The molecule has 34 heavy (non-hydrogen) atoms. The minimum absolute atomic E-state index is 0.162. The van der Waals surface area contributed by atoms with Crippen LogP contribution in [-0.2, 0) is 4.79 Å². The lowest BCUT2D eigenvalue weighted by Gasteiger charge is -2.27. The second kappa shape index (κ2) is 18.5. The highest BCUT2D eigenvalue weighted by atomic mass is 35.6. The lowest BCUT2D eigenvalue weighted by molar-refractivity contribution is -0.122. The molecule has 4 nitrogen and oxygen atoms in total. The van der Waals surface area contributed by atoms with Crippen molar-refractivity contribution in [3.8, 4) is 0 Å². The molecule has 1 rings (SSSR count). The van der Waals surface area contributed by atoms with Gasteiger partial charge in [-0.2, -0.15) is 0 Å². The monoisotopic (exact) mass is 549 g/mol. The molecule has 0 aliphatic heterocycles. The fourth-order valence-electron chi connectivity index (χ4n) is 3.76. The first-order chi connectivity index (χ1) is 16.2. The van der Waals surface area contributed by atoms with E-state index in [-0.39, 0.29) is 11.0 Å². The Labute approximate surface area is 227 Å². The normalized spacial score (nSPS) is 12.3. The lowest BCUT2D eigenvalue weighted by atomic mass is 10.0. The summed E-state index contributed by atoms with van der Waals surface area (Å²) in [5.74, 6) is -0.162. The SMILES string of the molecule is CCCCCCCCCCCCCCCC(=O)N[C@H](NC(=S)Nc1cccc(C)c1)C(Cl)(Cl)Cl. The third kappa shape index (κ3) is 16.0. The molecular formula is C26H42Cl3N3OS. The number of aryl methyl sites for hydroxylation is 1. The number of unbranched alkanes of at least 4 members (excludes halogenated alkanes) is 12. The maximum Gasteiger partial charge on any atom is 0.228 e. The molecule has 1 aromatic carbocycles. The summed E-state index contributed by atoms with van der Waals surface area (Å²) in [5, 5.41) is 8.97. The molecule has 0 heterocycles. The van der Waals surface area contributed by atoms with Crippen LogP contribution < -0.4 is 16.0 Å². The molecular weight excluding hydrogens is 509 g/mol. The Balaban J connectivity index is 2.18. The zero-order valence-electron chi connectivity index (χ0n) is 20.7. The van der Waals surface area contributed by atoms with Crippen molar-refractivity contribution in [1.82, 2.24) is 10.6 Å². The van der Waals surface area contributed by atoms with Gasteiger partial charge in [-0.1, -0.05) is 131 Å². The van der Waals surface area contributed by atoms with Crippen molar-refractivity contribution in [3.05, 3.63) is 29.8 Å². The molecule has 1 atom stereocenters. The molecule has 0 aliphatic rings. The summed E-state index contributed by atoms with van der Waals surface area (Å²) in [6.45, 7) is 4.25. The van der Waals surface area contributed by atoms with Gasteiger partial charge in [-0.15, -0.1) is 0 Å². The van der Waals surface area contributed by atoms with Crippen LogP contribution in [-0.4, -0.2) is 21.0 Å². The number of benzene rings is 1. The summed E-state index contributed by atoms with van der Waals surface area (Å²) in [6.07, 6.45) is 15.9. The summed E-state index contributed by atoms with van der Waals surface area (Å²) >= 11 is 23.5. The summed E-state index contributed by atoms with van der Waals surface area (Å²) in [4.78, 5) is 12.4. The number of halogens is 3. The molecule has 0 radical (unpaired) electrons. The molecule has 0 fully saturated rings. The fourth-order valence-corrected chi connectivity index (χ4v) is 4.32. The maximum absolute atomic E-state index is 12.4. The highest BCUT2D eigenvalue weighted by Gasteiger charge is 2.34. The molecule has 0 saturated heterocycles. The molecule has 8 heteroatoms. The minimum atomic E-state index is -1.75. The highest BCUT2D eigenvalue weighted by Crippen LogP contribution is 2.29. The standard InChI is InChI=1S/C26H42Cl3N3OS/c1-3-4-5-6-7-8-9-10-11-12-13-14-15-19-23(33)31-24(26(27,28)29)32-25(34)30-22-18-16-17-21(2)20-22/h16-18,20,24H,3-15,19H2,1-2H3,(H,31,33)(H2,30,32,34)/t24-/m1/s1. The van der Waals surface area contributed by atoms with Crippen molar-refractivity contribution in [3.63, 3.8) is 0 Å². The second-order valence-electron chi connectivity index (χ2n) is 9.00. The van der Waals surface area contributed by atoms with Crippen LogP contribution in [0.1, 0.15) is 102 Å². The molecule has 0 bridgehead atoms. The predicted molar refractivity (Wildman–Crippen MR) is 153 cm³/mol. The van der Waals surface area contributed by atoms with Gasteiger partial charge in [0.05, 0.1) is 0 Å². The van der Waals surface area contributed by atoms with Gasteiger partial charge in [0.15, 0.2) is 5.11 Å². The third-order valence-electron chi connectivity index (χ3n) is 5.69. The Bertz CT molecular complexity index is 713. The van der Waals surface area contributed by atoms with E-state index in [1.54, 1.807) is 0 Å². The highest BCUT2D eigenvalue weighted by molar-refractivity contribution is 7.80. The summed E-state index contributed by atoms with van der Waals surface area (Å²) < 4.78 is -1.75. The molecule has 0 spiro atoms. The Morgan fingerprint density at radius 3 is 1.91 bits per heavy atom. The van der Waals surface area contributed by atoms with E-state index < -0.39 is 9.96 Å². The summed E-state index contributed by atoms with van der Waals surface area (Å²) in [6, 6.07) is 7.75. The molecule has 0 unspecified atom stereocenters. The molecule has 0 saturated carbocycles. The van der Waals surface area contributed by atoms with E-state index in [0.717, 1.165) is 30.5 Å². The number of rotatable bonds is 17. The van der Waals surface area contributed by atoms with Crippen LogP contribution >= 0.6 is 47.0 Å². The van der Waals surface area contributed by atoms with Crippen molar-refractivity contribution in [2.75, 3.05) is 5.32 Å². The summed E-state index contributed by atoms with van der Waals surface area (Å²) in [7, 11) is 0. The van der Waals surface area contributed by atoms with Crippen molar-refractivity contribution >= 4 is 63.7 Å². The van der Waals surface area contributed by atoms with Gasteiger partial charge >= 0.3 is 0 Å². The Morgan fingerprint density at radius 1 is 0.882 bits per heavy atom. The zero-order chi connectivity index (χ0) is 25.2.